The molecule has 1 unspecified atom stereocenters. The third-order valence-electron chi connectivity index (χ3n) is 3.59. The zero-order chi connectivity index (χ0) is 15.8. The highest BCUT2D eigenvalue weighted by atomic mass is 16.4. The molecule has 0 aromatic heterocycles. The van der Waals surface area contributed by atoms with Gasteiger partial charge >= 0.3 is 0 Å². The van der Waals surface area contributed by atoms with Crippen LogP contribution in [0.15, 0.2) is 5.16 Å². The Labute approximate surface area is 123 Å². The molecule has 0 fully saturated rings. The Morgan fingerprint density at radius 3 is 2.10 bits per heavy atom. The van der Waals surface area contributed by atoms with Crippen molar-refractivity contribution in [2.45, 2.75) is 72.8 Å². The topological polar surface area (TPSA) is 87.7 Å². The first-order chi connectivity index (χ1) is 9.33. The number of nitrogens with zero attached hydrogens (tertiary/aromatic N) is 1. The first-order valence-electron chi connectivity index (χ1n) is 7.62. The van der Waals surface area contributed by atoms with Crippen molar-refractivity contribution in [3.8, 4) is 0 Å². The smallest absolute Gasteiger partial charge is 0.234 e. The van der Waals surface area contributed by atoms with Gasteiger partial charge in [-0.2, -0.15) is 0 Å². The van der Waals surface area contributed by atoms with E-state index >= 15 is 0 Å². The lowest BCUT2D eigenvalue weighted by Gasteiger charge is -2.32. The van der Waals surface area contributed by atoms with Crippen LogP contribution in [0.1, 0.15) is 66.7 Å². The van der Waals surface area contributed by atoms with Crippen molar-refractivity contribution in [3.63, 3.8) is 0 Å². The lowest BCUT2D eigenvalue weighted by Crippen LogP contribution is -2.52. The van der Waals surface area contributed by atoms with Crippen LogP contribution in [-0.4, -0.2) is 23.0 Å². The van der Waals surface area contributed by atoms with Crippen molar-refractivity contribution in [2.75, 3.05) is 0 Å². The molecule has 0 rings (SSSR count). The van der Waals surface area contributed by atoms with E-state index in [4.69, 9.17) is 10.9 Å². The lowest BCUT2D eigenvalue weighted by molar-refractivity contribution is -0.129. The fraction of sp³-hybridized carbons (Fsp3) is 0.867. The number of carbonyl (C=O) groups is 1. The number of oxime groups is 1. The van der Waals surface area contributed by atoms with Gasteiger partial charge in [-0.3, -0.25) is 4.79 Å². The molecule has 0 spiro atoms. The maximum absolute atomic E-state index is 12.7. The van der Waals surface area contributed by atoms with Crippen molar-refractivity contribution in [1.29, 1.82) is 0 Å². The molecule has 0 aromatic carbocycles. The zero-order valence-electron chi connectivity index (χ0n) is 13.6. The fourth-order valence-electron chi connectivity index (χ4n) is 2.80. The molecule has 0 saturated carbocycles. The van der Waals surface area contributed by atoms with Gasteiger partial charge in [-0.05, 0) is 32.1 Å². The van der Waals surface area contributed by atoms with Crippen LogP contribution < -0.4 is 11.1 Å². The van der Waals surface area contributed by atoms with Crippen molar-refractivity contribution >= 4 is 11.7 Å². The summed E-state index contributed by atoms with van der Waals surface area (Å²) in [6, 6.07) is 0.0853. The summed E-state index contributed by atoms with van der Waals surface area (Å²) in [5.41, 5.74) is 4.96. The predicted octanol–water partition coefficient (Wildman–Crippen LogP) is 2.87. The molecule has 0 radical (unpaired) electrons. The van der Waals surface area contributed by atoms with Gasteiger partial charge in [0, 0.05) is 6.04 Å². The van der Waals surface area contributed by atoms with E-state index in [9.17, 15) is 4.79 Å². The molecule has 5 heteroatoms. The summed E-state index contributed by atoms with van der Waals surface area (Å²) in [4.78, 5) is 12.7. The van der Waals surface area contributed by atoms with Crippen molar-refractivity contribution in [1.82, 2.24) is 5.32 Å². The molecule has 0 heterocycles. The molecular formula is C15H31N3O2. The molecule has 4 N–H and O–H groups in total. The average Bonchev–Trinajstić information content (AvgIpc) is 2.36. The summed E-state index contributed by atoms with van der Waals surface area (Å²) in [6.07, 6.45) is 3.72. The largest absolute Gasteiger partial charge is 0.409 e. The predicted molar refractivity (Wildman–Crippen MR) is 82.7 cm³/mol. The SMILES string of the molecule is CCCC(CCC)(C(=O)NC(C)CC(C)C)C(N)=NO. The van der Waals surface area contributed by atoms with Gasteiger partial charge in [0.25, 0.3) is 0 Å². The zero-order valence-corrected chi connectivity index (χ0v) is 13.6. The normalized spacial score (nSPS) is 14.4. The van der Waals surface area contributed by atoms with Crippen molar-refractivity contribution in [2.24, 2.45) is 22.2 Å². The Bertz CT molecular complexity index is 321. The molecule has 1 amide bonds. The van der Waals surface area contributed by atoms with Crippen LogP contribution in [0.3, 0.4) is 0 Å². The minimum absolute atomic E-state index is 0.0236. The number of rotatable bonds is 9. The lowest BCUT2D eigenvalue weighted by atomic mass is 9.77. The quantitative estimate of drug-likeness (QED) is 0.263. The first-order valence-corrected chi connectivity index (χ1v) is 7.62. The van der Waals surface area contributed by atoms with Gasteiger partial charge in [0.2, 0.25) is 5.91 Å². The number of nitrogens with one attached hydrogen (secondary N) is 1. The standard InChI is InChI=1S/C15H31N3O2/c1-6-8-15(9-7-2,13(16)18-20)14(19)17-12(5)10-11(3)4/h11-12,20H,6-10H2,1-5H3,(H2,16,18)(H,17,19). The second kappa shape index (κ2) is 8.82. The Morgan fingerprint density at radius 2 is 1.75 bits per heavy atom. The second-order valence-corrected chi connectivity index (χ2v) is 6.07. The van der Waals surface area contributed by atoms with Crippen molar-refractivity contribution < 1.29 is 10.0 Å². The maximum atomic E-state index is 12.7. The minimum atomic E-state index is -0.885. The van der Waals surface area contributed by atoms with E-state index in [1.165, 1.54) is 0 Å². The number of carbonyl (C=O) groups excluding carboxylic acids is 1. The van der Waals surface area contributed by atoms with Crippen LogP contribution in [0, 0.1) is 11.3 Å². The Morgan fingerprint density at radius 1 is 1.25 bits per heavy atom. The van der Waals surface area contributed by atoms with Crippen LogP contribution in [0.25, 0.3) is 0 Å². The van der Waals surface area contributed by atoms with Crippen LogP contribution in [0.5, 0.6) is 0 Å². The molecule has 0 aliphatic carbocycles. The van der Waals surface area contributed by atoms with Crippen LogP contribution in [0.4, 0.5) is 0 Å². The molecule has 5 nitrogen and oxygen atoms in total. The third-order valence-corrected chi connectivity index (χ3v) is 3.59. The van der Waals surface area contributed by atoms with Gasteiger partial charge in [-0.1, -0.05) is 45.7 Å². The van der Waals surface area contributed by atoms with Gasteiger partial charge in [0.15, 0.2) is 5.84 Å². The molecular weight excluding hydrogens is 254 g/mol. The Balaban J connectivity index is 5.14. The monoisotopic (exact) mass is 285 g/mol. The summed E-state index contributed by atoms with van der Waals surface area (Å²) >= 11 is 0. The summed E-state index contributed by atoms with van der Waals surface area (Å²) in [7, 11) is 0. The van der Waals surface area contributed by atoms with E-state index in [2.05, 4.69) is 24.3 Å². The number of hydrogen-bond donors (Lipinski definition) is 3. The van der Waals surface area contributed by atoms with Gasteiger partial charge in [-0.25, -0.2) is 0 Å². The summed E-state index contributed by atoms with van der Waals surface area (Å²) < 4.78 is 0. The molecule has 0 bridgehead atoms. The van der Waals surface area contributed by atoms with Gasteiger partial charge in [0.1, 0.15) is 5.41 Å². The highest BCUT2D eigenvalue weighted by molar-refractivity contribution is 6.06. The summed E-state index contributed by atoms with van der Waals surface area (Å²) in [5.74, 6) is 0.418. The van der Waals surface area contributed by atoms with E-state index in [0.717, 1.165) is 19.3 Å². The molecule has 0 aromatic rings. The van der Waals surface area contributed by atoms with E-state index in [1.807, 2.05) is 20.8 Å². The third kappa shape index (κ3) is 5.02. The number of amidine groups is 1. The van der Waals surface area contributed by atoms with Crippen LogP contribution >= 0.6 is 0 Å². The molecule has 0 aliphatic heterocycles. The molecule has 0 saturated heterocycles. The van der Waals surface area contributed by atoms with Crippen LogP contribution in [0.2, 0.25) is 0 Å². The first kappa shape index (κ1) is 18.7. The van der Waals surface area contributed by atoms with Gasteiger partial charge < -0.3 is 16.3 Å². The van der Waals surface area contributed by atoms with Gasteiger partial charge in [-0.15, -0.1) is 0 Å². The molecule has 20 heavy (non-hydrogen) atoms. The van der Waals surface area contributed by atoms with E-state index in [-0.39, 0.29) is 17.8 Å². The Kier molecular flexibility index (Phi) is 8.26. The maximum Gasteiger partial charge on any atom is 0.234 e. The minimum Gasteiger partial charge on any atom is -0.409 e. The summed E-state index contributed by atoms with van der Waals surface area (Å²) in [6.45, 7) is 10.2. The van der Waals surface area contributed by atoms with Gasteiger partial charge in [0.05, 0.1) is 0 Å². The highest BCUT2D eigenvalue weighted by Gasteiger charge is 2.41. The fourth-order valence-corrected chi connectivity index (χ4v) is 2.80. The average molecular weight is 285 g/mol. The highest BCUT2D eigenvalue weighted by Crippen LogP contribution is 2.31. The number of amides is 1. The second-order valence-electron chi connectivity index (χ2n) is 6.07. The van der Waals surface area contributed by atoms with E-state index in [1.54, 1.807) is 0 Å². The number of hydrogen-bond acceptors (Lipinski definition) is 3. The molecule has 0 aliphatic rings. The van der Waals surface area contributed by atoms with E-state index < -0.39 is 5.41 Å². The molecule has 118 valence electrons. The molecule has 1 atom stereocenters. The van der Waals surface area contributed by atoms with Crippen LogP contribution in [-0.2, 0) is 4.79 Å². The van der Waals surface area contributed by atoms with Crippen molar-refractivity contribution in [3.05, 3.63) is 0 Å². The van der Waals surface area contributed by atoms with E-state index in [0.29, 0.717) is 18.8 Å². The number of nitrogens with two attached hydrogens (primary N) is 1. The Hall–Kier alpha value is -1.26. The summed E-state index contributed by atoms with van der Waals surface area (Å²) in [5, 5.41) is 15.2.